The number of aliphatic hydroxyl groups excluding tert-OH is 1. The molecule has 0 spiro atoms. The number of nitrogens with zero attached hydrogens (tertiary/aromatic N) is 2. The Hall–Kier alpha value is -2.46. The molecule has 0 unspecified atom stereocenters. The van der Waals surface area contributed by atoms with E-state index in [9.17, 15) is 5.11 Å². The van der Waals surface area contributed by atoms with Crippen LogP contribution in [0.1, 0.15) is 11.1 Å². The SMILES string of the molecule is OCc1cc2ccccc2nc1NCCc1cccnc1. The van der Waals surface area contributed by atoms with E-state index in [4.69, 9.17) is 0 Å². The monoisotopic (exact) mass is 279 g/mol. The van der Waals surface area contributed by atoms with E-state index in [1.54, 1.807) is 6.20 Å². The molecule has 0 saturated carbocycles. The second-order valence-corrected chi connectivity index (χ2v) is 4.88. The van der Waals surface area contributed by atoms with Crippen LogP contribution in [0.25, 0.3) is 10.9 Å². The summed E-state index contributed by atoms with van der Waals surface area (Å²) in [5, 5.41) is 13.9. The Morgan fingerprint density at radius 3 is 2.81 bits per heavy atom. The average molecular weight is 279 g/mol. The third-order valence-electron chi connectivity index (χ3n) is 3.40. The number of fused-ring (bicyclic) bond motifs is 1. The van der Waals surface area contributed by atoms with Crippen LogP contribution in [0.2, 0.25) is 0 Å². The van der Waals surface area contributed by atoms with E-state index in [-0.39, 0.29) is 6.61 Å². The molecule has 0 bridgehead atoms. The maximum atomic E-state index is 9.50. The molecule has 0 fully saturated rings. The largest absolute Gasteiger partial charge is 0.392 e. The quantitative estimate of drug-likeness (QED) is 0.754. The number of nitrogens with one attached hydrogen (secondary N) is 1. The third kappa shape index (κ3) is 3.17. The minimum atomic E-state index is -0.0208. The molecule has 0 saturated heterocycles. The van der Waals surface area contributed by atoms with Gasteiger partial charge in [-0.25, -0.2) is 4.98 Å². The van der Waals surface area contributed by atoms with E-state index in [1.165, 1.54) is 5.56 Å². The second kappa shape index (κ2) is 6.33. The van der Waals surface area contributed by atoms with Crippen molar-refractivity contribution >= 4 is 16.7 Å². The number of para-hydroxylation sites is 1. The Labute approximate surface area is 123 Å². The van der Waals surface area contributed by atoms with Crippen LogP contribution < -0.4 is 5.32 Å². The number of anilines is 1. The summed E-state index contributed by atoms with van der Waals surface area (Å²) < 4.78 is 0. The summed E-state index contributed by atoms with van der Waals surface area (Å²) >= 11 is 0. The lowest BCUT2D eigenvalue weighted by Crippen LogP contribution is -2.09. The fourth-order valence-corrected chi connectivity index (χ4v) is 2.30. The molecule has 3 rings (SSSR count). The molecule has 4 heteroatoms. The summed E-state index contributed by atoms with van der Waals surface area (Å²) in [5.41, 5.74) is 2.93. The van der Waals surface area contributed by atoms with E-state index in [1.807, 2.05) is 42.6 Å². The number of pyridine rings is 2. The summed E-state index contributed by atoms with van der Waals surface area (Å²) in [6.45, 7) is 0.733. The van der Waals surface area contributed by atoms with Gasteiger partial charge in [-0.1, -0.05) is 24.3 Å². The number of aromatic nitrogens is 2. The molecule has 21 heavy (non-hydrogen) atoms. The highest BCUT2D eigenvalue weighted by molar-refractivity contribution is 5.81. The maximum absolute atomic E-state index is 9.50. The molecule has 2 N–H and O–H groups in total. The number of hydrogen-bond acceptors (Lipinski definition) is 4. The number of benzene rings is 1. The van der Waals surface area contributed by atoms with Gasteiger partial charge in [0, 0.05) is 29.9 Å². The van der Waals surface area contributed by atoms with Crippen molar-refractivity contribution in [3.05, 3.63) is 66.0 Å². The number of aliphatic hydroxyl groups is 1. The number of rotatable bonds is 5. The van der Waals surface area contributed by atoms with Gasteiger partial charge in [-0.05, 0) is 30.2 Å². The summed E-state index contributed by atoms with van der Waals surface area (Å²) in [7, 11) is 0. The van der Waals surface area contributed by atoms with Gasteiger partial charge in [0.05, 0.1) is 12.1 Å². The van der Waals surface area contributed by atoms with Crippen LogP contribution in [0.5, 0.6) is 0 Å². The number of hydrogen-bond donors (Lipinski definition) is 2. The van der Waals surface area contributed by atoms with Crippen LogP contribution >= 0.6 is 0 Å². The van der Waals surface area contributed by atoms with Crippen LogP contribution in [0.4, 0.5) is 5.82 Å². The second-order valence-electron chi connectivity index (χ2n) is 4.88. The van der Waals surface area contributed by atoms with Crippen molar-refractivity contribution < 1.29 is 5.11 Å². The third-order valence-corrected chi connectivity index (χ3v) is 3.40. The van der Waals surface area contributed by atoms with Crippen molar-refractivity contribution in [1.82, 2.24) is 9.97 Å². The molecule has 0 amide bonds. The molecule has 2 aromatic heterocycles. The lowest BCUT2D eigenvalue weighted by atomic mass is 10.1. The lowest BCUT2D eigenvalue weighted by Gasteiger charge is -2.11. The summed E-state index contributed by atoms with van der Waals surface area (Å²) in [5.74, 6) is 0.750. The van der Waals surface area contributed by atoms with Crippen molar-refractivity contribution in [2.45, 2.75) is 13.0 Å². The Morgan fingerprint density at radius 2 is 2.00 bits per heavy atom. The average Bonchev–Trinajstić information content (AvgIpc) is 2.55. The first-order valence-electron chi connectivity index (χ1n) is 6.99. The molecule has 106 valence electrons. The van der Waals surface area contributed by atoms with Crippen LogP contribution in [0, 0.1) is 0 Å². The Kier molecular flexibility index (Phi) is 4.07. The first kappa shape index (κ1) is 13.5. The molecule has 4 nitrogen and oxygen atoms in total. The predicted octanol–water partition coefficient (Wildman–Crippen LogP) is 2.78. The van der Waals surface area contributed by atoms with Crippen molar-refractivity contribution in [2.75, 3.05) is 11.9 Å². The Morgan fingerprint density at radius 1 is 1.10 bits per heavy atom. The minimum Gasteiger partial charge on any atom is -0.392 e. The van der Waals surface area contributed by atoms with E-state index >= 15 is 0 Å². The van der Waals surface area contributed by atoms with Crippen molar-refractivity contribution in [3.63, 3.8) is 0 Å². The van der Waals surface area contributed by atoms with Gasteiger partial charge in [0.25, 0.3) is 0 Å². The fraction of sp³-hybridized carbons (Fsp3) is 0.176. The highest BCUT2D eigenvalue weighted by Gasteiger charge is 2.05. The predicted molar refractivity (Wildman–Crippen MR) is 84.1 cm³/mol. The van der Waals surface area contributed by atoms with Crippen LogP contribution in [0.3, 0.4) is 0 Å². The van der Waals surface area contributed by atoms with Gasteiger partial charge in [-0.2, -0.15) is 0 Å². The zero-order valence-corrected chi connectivity index (χ0v) is 11.7. The highest BCUT2D eigenvalue weighted by atomic mass is 16.3. The normalized spacial score (nSPS) is 10.7. The summed E-state index contributed by atoms with van der Waals surface area (Å²) in [6.07, 6.45) is 4.50. The molecule has 0 aliphatic carbocycles. The van der Waals surface area contributed by atoms with E-state index < -0.39 is 0 Å². The van der Waals surface area contributed by atoms with E-state index in [0.29, 0.717) is 0 Å². The fourth-order valence-electron chi connectivity index (χ4n) is 2.30. The molecule has 0 aliphatic rings. The van der Waals surface area contributed by atoms with Crippen LogP contribution in [-0.4, -0.2) is 21.6 Å². The molecular formula is C17H17N3O. The van der Waals surface area contributed by atoms with Gasteiger partial charge < -0.3 is 10.4 Å². The zero-order valence-electron chi connectivity index (χ0n) is 11.7. The lowest BCUT2D eigenvalue weighted by molar-refractivity contribution is 0.282. The standard InChI is InChI=1S/C17H17N3O/c21-12-15-10-14-5-1-2-6-16(14)20-17(15)19-9-7-13-4-3-8-18-11-13/h1-6,8,10-11,21H,7,9,12H2,(H,19,20). The van der Waals surface area contributed by atoms with E-state index in [2.05, 4.69) is 21.4 Å². The molecular weight excluding hydrogens is 262 g/mol. The van der Waals surface area contributed by atoms with Gasteiger partial charge in [-0.15, -0.1) is 0 Å². The van der Waals surface area contributed by atoms with E-state index in [0.717, 1.165) is 35.2 Å². The summed E-state index contributed by atoms with van der Waals surface area (Å²) in [6, 6.07) is 13.9. The van der Waals surface area contributed by atoms with Gasteiger partial charge in [-0.3, -0.25) is 4.98 Å². The van der Waals surface area contributed by atoms with Crippen LogP contribution in [0.15, 0.2) is 54.9 Å². The molecule has 2 heterocycles. The molecule has 3 aromatic rings. The van der Waals surface area contributed by atoms with Gasteiger partial charge in [0.1, 0.15) is 5.82 Å². The molecule has 0 aliphatic heterocycles. The Bertz CT molecular complexity index is 728. The molecule has 0 radical (unpaired) electrons. The minimum absolute atomic E-state index is 0.0208. The smallest absolute Gasteiger partial charge is 0.132 e. The summed E-state index contributed by atoms with van der Waals surface area (Å²) in [4.78, 5) is 8.69. The van der Waals surface area contributed by atoms with Crippen LogP contribution in [-0.2, 0) is 13.0 Å². The van der Waals surface area contributed by atoms with Crippen molar-refractivity contribution in [1.29, 1.82) is 0 Å². The molecule has 1 aromatic carbocycles. The molecule has 0 atom stereocenters. The first-order valence-corrected chi connectivity index (χ1v) is 6.99. The maximum Gasteiger partial charge on any atom is 0.132 e. The van der Waals surface area contributed by atoms with Crippen molar-refractivity contribution in [2.24, 2.45) is 0 Å². The van der Waals surface area contributed by atoms with Gasteiger partial charge in [0.15, 0.2) is 0 Å². The highest BCUT2D eigenvalue weighted by Crippen LogP contribution is 2.20. The topological polar surface area (TPSA) is 58.0 Å². The van der Waals surface area contributed by atoms with Gasteiger partial charge in [0.2, 0.25) is 0 Å². The zero-order chi connectivity index (χ0) is 14.5. The first-order chi connectivity index (χ1) is 10.4. The Balaban J connectivity index is 1.76. The van der Waals surface area contributed by atoms with Crippen molar-refractivity contribution in [3.8, 4) is 0 Å². The van der Waals surface area contributed by atoms with Gasteiger partial charge >= 0.3 is 0 Å².